The van der Waals surface area contributed by atoms with Crippen LogP contribution in [0.15, 0.2) is 53.9 Å². The van der Waals surface area contributed by atoms with E-state index < -0.39 is 0 Å². The number of carbonyl (C=O) groups is 2. The van der Waals surface area contributed by atoms with Gasteiger partial charge < -0.3 is 10.6 Å². The molecule has 1 aliphatic rings. The topological polar surface area (TPSA) is 71.1 Å². The largest absolute Gasteiger partial charge is 0.349 e. The number of benzene rings is 2. The van der Waals surface area contributed by atoms with Crippen LogP contribution in [0.4, 0.5) is 5.69 Å². The third-order valence-electron chi connectivity index (χ3n) is 4.35. The van der Waals surface area contributed by atoms with Gasteiger partial charge in [-0.25, -0.2) is 4.98 Å². The van der Waals surface area contributed by atoms with Crippen molar-refractivity contribution in [2.45, 2.75) is 25.8 Å². The summed E-state index contributed by atoms with van der Waals surface area (Å²) in [6.45, 7) is 2.03. The summed E-state index contributed by atoms with van der Waals surface area (Å²) in [6, 6.07) is 15.3. The zero-order chi connectivity index (χ0) is 18.8. The number of nitrogens with zero attached hydrogens (tertiary/aromatic N) is 1. The van der Waals surface area contributed by atoms with Crippen molar-refractivity contribution in [2.75, 3.05) is 5.32 Å². The Morgan fingerprint density at radius 1 is 1.00 bits per heavy atom. The Hall–Kier alpha value is -2.99. The van der Waals surface area contributed by atoms with Crippen molar-refractivity contribution in [3.05, 3.63) is 70.7 Å². The Bertz CT molecular complexity index is 973. The average molecular weight is 377 g/mol. The first-order valence-electron chi connectivity index (χ1n) is 8.83. The van der Waals surface area contributed by atoms with Crippen LogP contribution in [-0.2, 0) is 0 Å². The molecule has 0 saturated heterocycles. The van der Waals surface area contributed by atoms with E-state index in [0.29, 0.717) is 23.0 Å². The summed E-state index contributed by atoms with van der Waals surface area (Å²) in [5, 5.41) is 8.33. The molecule has 3 aromatic rings. The standard InChI is InChI=1S/C21H19N3O2S/c1-13-2-4-15(5-3-13)21-24-18(12-27-21)20(26)23-16-8-6-14(7-9-16)19(25)22-17-10-11-17/h2-9,12,17H,10-11H2,1H3,(H,22,25)(H,23,26). The van der Waals surface area contributed by atoms with Crippen LogP contribution < -0.4 is 10.6 Å². The van der Waals surface area contributed by atoms with Crippen molar-refractivity contribution in [1.82, 2.24) is 10.3 Å². The van der Waals surface area contributed by atoms with Gasteiger partial charge in [-0.3, -0.25) is 9.59 Å². The molecule has 2 N–H and O–H groups in total. The third-order valence-corrected chi connectivity index (χ3v) is 5.24. The molecular formula is C21H19N3O2S. The Labute approximate surface area is 161 Å². The monoisotopic (exact) mass is 377 g/mol. The van der Waals surface area contributed by atoms with Gasteiger partial charge in [-0.15, -0.1) is 11.3 Å². The number of rotatable bonds is 5. The Balaban J connectivity index is 1.41. The maximum Gasteiger partial charge on any atom is 0.275 e. The van der Waals surface area contributed by atoms with E-state index in [2.05, 4.69) is 15.6 Å². The van der Waals surface area contributed by atoms with Gasteiger partial charge in [0.05, 0.1) is 0 Å². The highest BCUT2D eigenvalue weighted by Gasteiger charge is 2.23. The molecule has 1 heterocycles. The first kappa shape index (κ1) is 17.4. The Kier molecular flexibility index (Phi) is 4.73. The van der Waals surface area contributed by atoms with Crippen molar-refractivity contribution < 1.29 is 9.59 Å². The van der Waals surface area contributed by atoms with Crippen molar-refractivity contribution in [2.24, 2.45) is 0 Å². The van der Waals surface area contributed by atoms with Gasteiger partial charge in [-0.2, -0.15) is 0 Å². The molecule has 5 nitrogen and oxygen atoms in total. The molecule has 6 heteroatoms. The van der Waals surface area contributed by atoms with E-state index >= 15 is 0 Å². The van der Waals surface area contributed by atoms with Gasteiger partial charge >= 0.3 is 0 Å². The molecule has 27 heavy (non-hydrogen) atoms. The molecule has 2 aromatic carbocycles. The fourth-order valence-corrected chi connectivity index (χ4v) is 3.41. The van der Waals surface area contributed by atoms with Crippen molar-refractivity contribution in [3.63, 3.8) is 0 Å². The van der Waals surface area contributed by atoms with Crippen molar-refractivity contribution >= 4 is 28.8 Å². The highest BCUT2D eigenvalue weighted by atomic mass is 32.1. The highest BCUT2D eigenvalue weighted by molar-refractivity contribution is 7.13. The summed E-state index contributed by atoms with van der Waals surface area (Å²) < 4.78 is 0. The summed E-state index contributed by atoms with van der Waals surface area (Å²) in [4.78, 5) is 28.9. The van der Waals surface area contributed by atoms with Gasteiger partial charge in [-0.1, -0.05) is 29.8 Å². The third kappa shape index (κ3) is 4.23. The molecule has 2 amide bonds. The van der Waals surface area contributed by atoms with Crippen LogP contribution in [0.1, 0.15) is 39.3 Å². The lowest BCUT2D eigenvalue weighted by Gasteiger charge is -2.06. The molecule has 1 aliphatic carbocycles. The molecule has 0 radical (unpaired) electrons. The number of thiazole rings is 1. The number of carbonyl (C=O) groups excluding carboxylic acids is 2. The van der Waals surface area contributed by atoms with Gasteiger partial charge in [0.2, 0.25) is 0 Å². The van der Waals surface area contributed by atoms with Gasteiger partial charge in [-0.05, 0) is 44.0 Å². The highest BCUT2D eigenvalue weighted by Crippen LogP contribution is 2.24. The van der Waals surface area contributed by atoms with Crippen LogP contribution in [0.2, 0.25) is 0 Å². The van der Waals surface area contributed by atoms with Gasteiger partial charge in [0, 0.05) is 28.2 Å². The molecule has 0 spiro atoms. The maximum atomic E-state index is 12.4. The lowest BCUT2D eigenvalue weighted by molar-refractivity contribution is 0.0950. The normalized spacial score (nSPS) is 13.2. The van der Waals surface area contributed by atoms with E-state index in [4.69, 9.17) is 0 Å². The molecule has 1 fully saturated rings. The van der Waals surface area contributed by atoms with Crippen molar-refractivity contribution in [3.8, 4) is 10.6 Å². The second kappa shape index (κ2) is 7.32. The number of nitrogens with one attached hydrogen (secondary N) is 2. The second-order valence-corrected chi connectivity index (χ2v) is 7.54. The van der Waals surface area contributed by atoms with Gasteiger partial charge in [0.1, 0.15) is 10.7 Å². The molecule has 4 rings (SSSR count). The number of hydrogen-bond donors (Lipinski definition) is 2. The predicted molar refractivity (Wildman–Crippen MR) is 107 cm³/mol. The van der Waals surface area contributed by atoms with Crippen LogP contribution in [0.3, 0.4) is 0 Å². The Morgan fingerprint density at radius 2 is 1.70 bits per heavy atom. The summed E-state index contributed by atoms with van der Waals surface area (Å²) in [6.07, 6.45) is 2.11. The summed E-state index contributed by atoms with van der Waals surface area (Å²) >= 11 is 1.44. The van der Waals surface area contributed by atoms with E-state index in [9.17, 15) is 9.59 Å². The molecule has 136 valence electrons. The zero-order valence-electron chi connectivity index (χ0n) is 14.9. The minimum atomic E-state index is -0.264. The van der Waals surface area contributed by atoms with E-state index in [0.717, 1.165) is 23.4 Å². The zero-order valence-corrected chi connectivity index (χ0v) is 15.7. The fourth-order valence-electron chi connectivity index (χ4n) is 2.60. The van der Waals surface area contributed by atoms with Crippen LogP contribution in [0.25, 0.3) is 10.6 Å². The summed E-state index contributed by atoms with van der Waals surface area (Å²) in [5.41, 5.74) is 3.78. The lowest BCUT2D eigenvalue weighted by Crippen LogP contribution is -2.25. The van der Waals surface area contributed by atoms with Gasteiger partial charge in [0.15, 0.2) is 0 Å². The predicted octanol–water partition coefficient (Wildman–Crippen LogP) is 4.26. The second-order valence-electron chi connectivity index (χ2n) is 6.68. The number of aromatic nitrogens is 1. The molecule has 0 unspecified atom stereocenters. The maximum absolute atomic E-state index is 12.4. The average Bonchev–Trinajstić information content (AvgIpc) is 3.34. The smallest absolute Gasteiger partial charge is 0.275 e. The van der Waals surface area contributed by atoms with E-state index in [-0.39, 0.29) is 11.8 Å². The fraction of sp³-hybridized carbons (Fsp3) is 0.190. The first-order chi connectivity index (χ1) is 13.1. The molecule has 0 bridgehead atoms. The lowest BCUT2D eigenvalue weighted by atomic mass is 10.2. The first-order valence-corrected chi connectivity index (χ1v) is 9.71. The minimum absolute atomic E-state index is 0.0717. The SMILES string of the molecule is Cc1ccc(-c2nc(C(=O)Nc3ccc(C(=O)NC4CC4)cc3)cs2)cc1. The van der Waals surface area contributed by atoms with Gasteiger partial charge in [0.25, 0.3) is 11.8 Å². The number of amides is 2. The van der Waals surface area contributed by atoms with Crippen LogP contribution in [0.5, 0.6) is 0 Å². The number of aryl methyl sites for hydroxylation is 1. The summed E-state index contributed by atoms with van der Waals surface area (Å²) in [5.74, 6) is -0.336. The molecule has 0 aliphatic heterocycles. The van der Waals surface area contributed by atoms with Crippen molar-refractivity contribution in [1.29, 1.82) is 0 Å². The van der Waals surface area contributed by atoms with Crippen LogP contribution in [0, 0.1) is 6.92 Å². The Morgan fingerprint density at radius 3 is 2.37 bits per heavy atom. The van der Waals surface area contributed by atoms with E-state index in [1.807, 2.05) is 31.2 Å². The summed E-state index contributed by atoms with van der Waals surface area (Å²) in [7, 11) is 0. The van der Waals surface area contributed by atoms with E-state index in [1.54, 1.807) is 29.6 Å². The van der Waals surface area contributed by atoms with Crippen LogP contribution in [-0.4, -0.2) is 22.8 Å². The quantitative estimate of drug-likeness (QED) is 0.698. The number of anilines is 1. The molecule has 0 atom stereocenters. The van der Waals surface area contributed by atoms with E-state index in [1.165, 1.54) is 16.9 Å². The molecule has 1 saturated carbocycles. The van der Waals surface area contributed by atoms with Crippen LogP contribution >= 0.6 is 11.3 Å². The minimum Gasteiger partial charge on any atom is -0.349 e. The molecular weight excluding hydrogens is 358 g/mol. The number of hydrogen-bond acceptors (Lipinski definition) is 4. The molecule has 1 aromatic heterocycles.